The number of hydrogen-bond donors (Lipinski definition) is 1. The van der Waals surface area contributed by atoms with Crippen molar-refractivity contribution in [2.45, 2.75) is 31.8 Å². The number of rotatable bonds is 4. The van der Waals surface area contributed by atoms with Crippen LogP contribution in [0, 0.1) is 5.82 Å². The Kier molecular flexibility index (Phi) is 2.91. The Morgan fingerprint density at radius 3 is 2.73 bits per heavy atom. The molecule has 15 heavy (non-hydrogen) atoms. The predicted octanol–water partition coefficient (Wildman–Crippen LogP) is 2.65. The summed E-state index contributed by atoms with van der Waals surface area (Å²) >= 11 is 0. The first-order chi connectivity index (χ1) is 7.20. The van der Waals surface area contributed by atoms with Gasteiger partial charge in [-0.1, -0.05) is 6.07 Å². The van der Waals surface area contributed by atoms with E-state index in [0.717, 1.165) is 5.56 Å². The molecule has 0 heterocycles. The third-order valence-electron chi connectivity index (χ3n) is 2.74. The molecule has 82 valence electrons. The Morgan fingerprint density at radius 2 is 2.20 bits per heavy atom. The molecule has 2 nitrogen and oxygen atoms in total. The lowest BCUT2D eigenvalue weighted by atomic mass is 10.1. The lowest BCUT2D eigenvalue weighted by Crippen LogP contribution is -2.20. The van der Waals surface area contributed by atoms with Crippen LogP contribution in [-0.2, 0) is 0 Å². The maximum absolute atomic E-state index is 13.4. The fourth-order valence-electron chi connectivity index (χ4n) is 1.65. The standard InChI is InChI=1S/C12H16FNO/c1-8(14-10-4-5-10)9-3-6-12(15-2)11(13)7-9/h3,6-8,10,14H,4-5H2,1-2H3/t8-/m0/s1. The topological polar surface area (TPSA) is 21.3 Å². The van der Waals surface area contributed by atoms with E-state index in [-0.39, 0.29) is 11.9 Å². The number of benzene rings is 1. The molecule has 0 radical (unpaired) electrons. The number of hydrogen-bond acceptors (Lipinski definition) is 2. The molecule has 1 aliphatic carbocycles. The minimum atomic E-state index is -0.292. The second kappa shape index (κ2) is 4.19. The van der Waals surface area contributed by atoms with Crippen molar-refractivity contribution in [2.75, 3.05) is 7.11 Å². The highest BCUT2D eigenvalue weighted by molar-refractivity contribution is 5.30. The van der Waals surface area contributed by atoms with Gasteiger partial charge < -0.3 is 10.1 Å². The van der Waals surface area contributed by atoms with E-state index < -0.39 is 0 Å². The fourth-order valence-corrected chi connectivity index (χ4v) is 1.65. The molecule has 2 rings (SSSR count). The van der Waals surface area contributed by atoms with Gasteiger partial charge in [0.25, 0.3) is 0 Å². The number of ether oxygens (including phenoxy) is 1. The van der Waals surface area contributed by atoms with Gasteiger partial charge in [-0.15, -0.1) is 0 Å². The zero-order valence-electron chi connectivity index (χ0n) is 9.09. The van der Waals surface area contributed by atoms with Gasteiger partial charge >= 0.3 is 0 Å². The van der Waals surface area contributed by atoms with E-state index in [2.05, 4.69) is 12.2 Å². The minimum absolute atomic E-state index is 0.206. The van der Waals surface area contributed by atoms with Crippen LogP contribution in [0.4, 0.5) is 4.39 Å². The summed E-state index contributed by atoms with van der Waals surface area (Å²) in [5.74, 6) is 0.0109. The van der Waals surface area contributed by atoms with Crippen LogP contribution in [0.2, 0.25) is 0 Å². The third-order valence-corrected chi connectivity index (χ3v) is 2.74. The van der Waals surface area contributed by atoms with E-state index in [1.165, 1.54) is 20.0 Å². The summed E-state index contributed by atoms with van der Waals surface area (Å²) in [6, 6.07) is 5.96. The molecule has 3 heteroatoms. The van der Waals surface area contributed by atoms with E-state index in [9.17, 15) is 4.39 Å². The predicted molar refractivity (Wildman–Crippen MR) is 57.5 cm³/mol. The zero-order valence-corrected chi connectivity index (χ0v) is 9.09. The van der Waals surface area contributed by atoms with Crippen LogP contribution >= 0.6 is 0 Å². The van der Waals surface area contributed by atoms with Crippen molar-refractivity contribution in [1.29, 1.82) is 0 Å². The Balaban J connectivity index is 2.09. The molecule has 0 spiro atoms. The molecule has 1 aromatic rings. The van der Waals surface area contributed by atoms with Crippen molar-refractivity contribution in [3.63, 3.8) is 0 Å². The average molecular weight is 209 g/mol. The fraction of sp³-hybridized carbons (Fsp3) is 0.500. The molecule has 0 unspecified atom stereocenters. The Bertz CT molecular complexity index is 349. The van der Waals surface area contributed by atoms with E-state index in [4.69, 9.17) is 4.74 Å². The molecule has 1 aliphatic rings. The molecule has 1 atom stereocenters. The van der Waals surface area contributed by atoms with Crippen molar-refractivity contribution < 1.29 is 9.13 Å². The second-order valence-electron chi connectivity index (χ2n) is 4.06. The van der Waals surface area contributed by atoms with Crippen LogP contribution in [0.15, 0.2) is 18.2 Å². The summed E-state index contributed by atoms with van der Waals surface area (Å²) < 4.78 is 18.3. The Labute approximate surface area is 89.4 Å². The second-order valence-corrected chi connectivity index (χ2v) is 4.06. The summed E-state index contributed by atoms with van der Waals surface area (Å²) in [7, 11) is 1.48. The van der Waals surface area contributed by atoms with Crippen LogP contribution in [0.5, 0.6) is 5.75 Å². The Hall–Kier alpha value is -1.09. The molecule has 1 fully saturated rings. The first-order valence-corrected chi connectivity index (χ1v) is 5.30. The monoisotopic (exact) mass is 209 g/mol. The molecular weight excluding hydrogens is 193 g/mol. The lowest BCUT2D eigenvalue weighted by molar-refractivity contribution is 0.385. The number of methoxy groups -OCH3 is 1. The van der Waals surface area contributed by atoms with Gasteiger partial charge in [-0.2, -0.15) is 0 Å². The van der Waals surface area contributed by atoms with Crippen molar-refractivity contribution in [1.82, 2.24) is 5.32 Å². The van der Waals surface area contributed by atoms with Crippen LogP contribution < -0.4 is 10.1 Å². The molecular formula is C12H16FNO. The van der Waals surface area contributed by atoms with Gasteiger partial charge in [-0.25, -0.2) is 4.39 Å². The molecule has 1 saturated carbocycles. The molecule has 0 bridgehead atoms. The van der Waals surface area contributed by atoms with Crippen molar-refractivity contribution in [3.05, 3.63) is 29.6 Å². The molecule has 0 saturated heterocycles. The molecule has 1 N–H and O–H groups in total. The zero-order chi connectivity index (χ0) is 10.8. The Morgan fingerprint density at radius 1 is 1.47 bits per heavy atom. The van der Waals surface area contributed by atoms with E-state index in [0.29, 0.717) is 11.8 Å². The van der Waals surface area contributed by atoms with Gasteiger partial charge in [0.2, 0.25) is 0 Å². The summed E-state index contributed by atoms with van der Waals surface area (Å²) in [5, 5.41) is 3.43. The van der Waals surface area contributed by atoms with Gasteiger partial charge in [0.1, 0.15) is 0 Å². The van der Waals surface area contributed by atoms with Gasteiger partial charge in [0, 0.05) is 12.1 Å². The van der Waals surface area contributed by atoms with Crippen molar-refractivity contribution >= 4 is 0 Å². The maximum atomic E-state index is 13.4. The first kappa shape index (κ1) is 10.4. The highest BCUT2D eigenvalue weighted by atomic mass is 19.1. The molecule has 1 aromatic carbocycles. The third kappa shape index (κ3) is 2.48. The number of halogens is 1. The van der Waals surface area contributed by atoms with Gasteiger partial charge in [0.15, 0.2) is 11.6 Å². The van der Waals surface area contributed by atoms with Crippen LogP contribution in [0.1, 0.15) is 31.4 Å². The number of nitrogens with one attached hydrogen (secondary N) is 1. The minimum Gasteiger partial charge on any atom is -0.494 e. The normalized spacial score (nSPS) is 17.5. The summed E-state index contributed by atoms with van der Waals surface area (Å²) in [6.07, 6.45) is 2.48. The summed E-state index contributed by atoms with van der Waals surface area (Å²) in [5.41, 5.74) is 0.972. The van der Waals surface area contributed by atoms with E-state index >= 15 is 0 Å². The van der Waals surface area contributed by atoms with Gasteiger partial charge in [-0.05, 0) is 37.5 Å². The molecule has 0 amide bonds. The summed E-state index contributed by atoms with van der Waals surface area (Å²) in [6.45, 7) is 2.06. The highest BCUT2D eigenvalue weighted by Gasteiger charge is 2.23. The van der Waals surface area contributed by atoms with E-state index in [1.54, 1.807) is 12.1 Å². The molecule has 0 aromatic heterocycles. The maximum Gasteiger partial charge on any atom is 0.165 e. The van der Waals surface area contributed by atoms with Gasteiger partial charge in [-0.3, -0.25) is 0 Å². The first-order valence-electron chi connectivity index (χ1n) is 5.30. The van der Waals surface area contributed by atoms with Crippen LogP contribution in [-0.4, -0.2) is 13.2 Å². The van der Waals surface area contributed by atoms with Gasteiger partial charge in [0.05, 0.1) is 7.11 Å². The molecule has 0 aliphatic heterocycles. The highest BCUT2D eigenvalue weighted by Crippen LogP contribution is 2.26. The average Bonchev–Trinajstić information content (AvgIpc) is 3.01. The largest absolute Gasteiger partial charge is 0.494 e. The quantitative estimate of drug-likeness (QED) is 0.823. The van der Waals surface area contributed by atoms with Crippen LogP contribution in [0.25, 0.3) is 0 Å². The SMILES string of the molecule is COc1ccc([C@H](C)NC2CC2)cc1F. The summed E-state index contributed by atoms with van der Waals surface area (Å²) in [4.78, 5) is 0. The van der Waals surface area contributed by atoms with E-state index in [1.807, 2.05) is 6.07 Å². The lowest BCUT2D eigenvalue weighted by Gasteiger charge is -2.14. The van der Waals surface area contributed by atoms with Crippen LogP contribution in [0.3, 0.4) is 0 Å². The smallest absolute Gasteiger partial charge is 0.165 e. The van der Waals surface area contributed by atoms with Crippen molar-refractivity contribution in [3.8, 4) is 5.75 Å². The van der Waals surface area contributed by atoms with Crippen molar-refractivity contribution in [2.24, 2.45) is 0 Å².